The fourth-order valence-corrected chi connectivity index (χ4v) is 2.10. The minimum absolute atomic E-state index is 0.0504. The summed E-state index contributed by atoms with van der Waals surface area (Å²) in [4.78, 5) is 10.8. The average molecular weight is 311 g/mol. The summed E-state index contributed by atoms with van der Waals surface area (Å²) in [5.74, 6) is -0.837. The standard InChI is InChI=1S/C13H15BrN2O2/c1-2-3-11(7-13(17)18)16-12-5-4-10(14)6-9(12)8-15/h4-6,11,16H,2-3,7H2,1H3,(H,17,18). The first-order valence-corrected chi connectivity index (χ1v) is 6.54. The number of hydrogen-bond donors (Lipinski definition) is 2. The fourth-order valence-electron chi connectivity index (χ4n) is 1.74. The van der Waals surface area contributed by atoms with Crippen molar-refractivity contribution in [2.24, 2.45) is 0 Å². The first-order chi connectivity index (χ1) is 8.56. The molecule has 1 aromatic rings. The maximum atomic E-state index is 10.8. The molecule has 0 saturated carbocycles. The fraction of sp³-hybridized carbons (Fsp3) is 0.385. The van der Waals surface area contributed by atoms with Crippen molar-refractivity contribution in [2.45, 2.75) is 32.2 Å². The smallest absolute Gasteiger partial charge is 0.305 e. The van der Waals surface area contributed by atoms with E-state index in [0.717, 1.165) is 17.3 Å². The van der Waals surface area contributed by atoms with Crippen LogP contribution in [0.25, 0.3) is 0 Å². The van der Waals surface area contributed by atoms with Crippen LogP contribution < -0.4 is 5.32 Å². The number of hydrogen-bond acceptors (Lipinski definition) is 3. The van der Waals surface area contributed by atoms with E-state index in [1.807, 2.05) is 13.0 Å². The molecule has 0 heterocycles. The van der Waals surface area contributed by atoms with Crippen molar-refractivity contribution < 1.29 is 9.90 Å². The first-order valence-electron chi connectivity index (χ1n) is 5.74. The normalized spacial score (nSPS) is 11.6. The minimum atomic E-state index is -0.837. The SMILES string of the molecule is CCCC(CC(=O)O)Nc1ccc(Br)cc1C#N. The average Bonchev–Trinajstić information content (AvgIpc) is 2.31. The summed E-state index contributed by atoms with van der Waals surface area (Å²) in [6.45, 7) is 2.00. The van der Waals surface area contributed by atoms with Crippen molar-refractivity contribution >= 4 is 27.6 Å². The van der Waals surface area contributed by atoms with Crippen LogP contribution in [-0.2, 0) is 4.79 Å². The second kappa shape index (κ2) is 7.02. The molecule has 0 aliphatic carbocycles. The Kier molecular flexibility index (Phi) is 5.66. The zero-order valence-corrected chi connectivity index (χ0v) is 11.7. The Labute approximate surface area is 115 Å². The Morgan fingerprint density at radius 3 is 2.89 bits per heavy atom. The van der Waals surface area contributed by atoms with E-state index in [2.05, 4.69) is 27.3 Å². The number of aliphatic carboxylic acids is 1. The van der Waals surface area contributed by atoms with E-state index in [-0.39, 0.29) is 12.5 Å². The molecule has 0 spiro atoms. The lowest BCUT2D eigenvalue weighted by Crippen LogP contribution is -2.23. The van der Waals surface area contributed by atoms with Crippen LogP contribution in [0.1, 0.15) is 31.7 Å². The van der Waals surface area contributed by atoms with Crippen LogP contribution in [0.5, 0.6) is 0 Å². The van der Waals surface area contributed by atoms with Crippen LogP contribution in [0, 0.1) is 11.3 Å². The van der Waals surface area contributed by atoms with Crippen LogP contribution in [0.3, 0.4) is 0 Å². The van der Waals surface area contributed by atoms with Crippen LogP contribution in [0.2, 0.25) is 0 Å². The van der Waals surface area contributed by atoms with Crippen molar-refractivity contribution in [3.8, 4) is 6.07 Å². The van der Waals surface area contributed by atoms with Gasteiger partial charge in [-0.25, -0.2) is 0 Å². The molecule has 0 aliphatic heterocycles. The van der Waals surface area contributed by atoms with Crippen LogP contribution in [0.4, 0.5) is 5.69 Å². The summed E-state index contributed by atoms with van der Waals surface area (Å²) in [6, 6.07) is 7.27. The molecule has 4 nitrogen and oxygen atoms in total. The Balaban J connectivity index is 2.86. The highest BCUT2D eigenvalue weighted by atomic mass is 79.9. The molecule has 5 heteroatoms. The Morgan fingerprint density at radius 1 is 1.61 bits per heavy atom. The third-order valence-electron chi connectivity index (χ3n) is 2.52. The Morgan fingerprint density at radius 2 is 2.33 bits per heavy atom. The van der Waals surface area contributed by atoms with Crippen molar-refractivity contribution in [1.82, 2.24) is 0 Å². The van der Waals surface area contributed by atoms with Gasteiger partial charge in [0, 0.05) is 10.5 Å². The number of anilines is 1. The van der Waals surface area contributed by atoms with Gasteiger partial charge in [-0.05, 0) is 24.6 Å². The van der Waals surface area contributed by atoms with Gasteiger partial charge >= 0.3 is 5.97 Å². The second-order valence-electron chi connectivity index (χ2n) is 4.03. The van der Waals surface area contributed by atoms with E-state index < -0.39 is 5.97 Å². The molecule has 1 unspecified atom stereocenters. The third-order valence-corrected chi connectivity index (χ3v) is 3.01. The van der Waals surface area contributed by atoms with Crippen molar-refractivity contribution in [3.05, 3.63) is 28.2 Å². The minimum Gasteiger partial charge on any atom is -0.481 e. The molecule has 2 N–H and O–H groups in total. The van der Waals surface area contributed by atoms with Crippen LogP contribution in [0.15, 0.2) is 22.7 Å². The Hall–Kier alpha value is -1.54. The van der Waals surface area contributed by atoms with E-state index in [0.29, 0.717) is 11.3 Å². The quantitative estimate of drug-likeness (QED) is 0.844. The number of benzene rings is 1. The van der Waals surface area contributed by atoms with Gasteiger partial charge in [-0.15, -0.1) is 0 Å². The zero-order valence-electron chi connectivity index (χ0n) is 10.1. The van der Waals surface area contributed by atoms with Gasteiger partial charge < -0.3 is 10.4 Å². The van der Waals surface area contributed by atoms with Crippen molar-refractivity contribution in [1.29, 1.82) is 5.26 Å². The molecule has 0 saturated heterocycles. The van der Waals surface area contributed by atoms with Gasteiger partial charge in [0.2, 0.25) is 0 Å². The maximum absolute atomic E-state index is 10.8. The van der Waals surface area contributed by atoms with Gasteiger partial charge in [0.1, 0.15) is 6.07 Å². The lowest BCUT2D eigenvalue weighted by molar-refractivity contribution is -0.137. The number of carboxylic acid groups (broad SMARTS) is 1. The highest BCUT2D eigenvalue weighted by Crippen LogP contribution is 2.22. The Bertz CT molecular complexity index is 469. The van der Waals surface area contributed by atoms with Gasteiger partial charge in [0.25, 0.3) is 0 Å². The van der Waals surface area contributed by atoms with Gasteiger partial charge in [-0.1, -0.05) is 29.3 Å². The molecule has 0 radical (unpaired) electrons. The molecule has 0 fully saturated rings. The zero-order chi connectivity index (χ0) is 13.5. The summed E-state index contributed by atoms with van der Waals surface area (Å²) in [5.41, 5.74) is 1.19. The van der Waals surface area contributed by atoms with Gasteiger partial charge in [0.05, 0.1) is 17.7 Å². The lowest BCUT2D eigenvalue weighted by Gasteiger charge is -2.18. The van der Waals surface area contributed by atoms with Crippen LogP contribution >= 0.6 is 15.9 Å². The summed E-state index contributed by atoms with van der Waals surface area (Å²) >= 11 is 3.30. The summed E-state index contributed by atoms with van der Waals surface area (Å²) in [7, 11) is 0. The van der Waals surface area contributed by atoms with Crippen molar-refractivity contribution in [2.75, 3.05) is 5.32 Å². The molecule has 1 aromatic carbocycles. The second-order valence-corrected chi connectivity index (χ2v) is 4.95. The molecule has 0 bridgehead atoms. The van der Waals surface area contributed by atoms with Gasteiger partial charge in [0.15, 0.2) is 0 Å². The molecule has 1 rings (SSSR count). The topological polar surface area (TPSA) is 73.1 Å². The number of nitrogens with zero attached hydrogens (tertiary/aromatic N) is 1. The van der Waals surface area contributed by atoms with E-state index in [1.165, 1.54) is 0 Å². The van der Waals surface area contributed by atoms with Crippen LogP contribution in [-0.4, -0.2) is 17.1 Å². The molecular weight excluding hydrogens is 296 g/mol. The monoisotopic (exact) mass is 310 g/mol. The number of halogens is 1. The number of carbonyl (C=O) groups is 1. The highest BCUT2D eigenvalue weighted by molar-refractivity contribution is 9.10. The number of rotatable bonds is 6. The first kappa shape index (κ1) is 14.5. The maximum Gasteiger partial charge on any atom is 0.305 e. The molecule has 18 heavy (non-hydrogen) atoms. The summed E-state index contributed by atoms with van der Waals surface area (Å²) in [5, 5.41) is 21.0. The van der Waals surface area contributed by atoms with Gasteiger partial charge in [-0.3, -0.25) is 4.79 Å². The largest absolute Gasteiger partial charge is 0.481 e. The van der Waals surface area contributed by atoms with E-state index in [1.54, 1.807) is 12.1 Å². The van der Waals surface area contributed by atoms with E-state index in [9.17, 15) is 4.79 Å². The van der Waals surface area contributed by atoms with E-state index >= 15 is 0 Å². The van der Waals surface area contributed by atoms with E-state index in [4.69, 9.17) is 10.4 Å². The third kappa shape index (κ3) is 4.38. The number of carboxylic acids is 1. The highest BCUT2D eigenvalue weighted by Gasteiger charge is 2.14. The molecule has 1 atom stereocenters. The summed E-state index contributed by atoms with van der Waals surface area (Å²) < 4.78 is 0.829. The number of nitrogens with one attached hydrogen (secondary N) is 1. The molecule has 0 aromatic heterocycles. The summed E-state index contributed by atoms with van der Waals surface area (Å²) in [6.07, 6.45) is 1.70. The van der Waals surface area contributed by atoms with Gasteiger partial charge in [-0.2, -0.15) is 5.26 Å². The van der Waals surface area contributed by atoms with Crippen molar-refractivity contribution in [3.63, 3.8) is 0 Å². The predicted molar refractivity (Wildman–Crippen MR) is 73.4 cm³/mol. The number of nitriles is 1. The molecule has 0 amide bonds. The lowest BCUT2D eigenvalue weighted by atomic mass is 10.1. The molecule has 0 aliphatic rings. The molecule has 96 valence electrons. The predicted octanol–water partition coefficient (Wildman–Crippen LogP) is 3.38. The molecular formula is C13H15BrN2O2.